The molecule has 0 radical (unpaired) electrons. The van der Waals surface area contributed by atoms with Crippen LogP contribution in [0.2, 0.25) is 0 Å². The number of aliphatic carboxylic acids is 1. The van der Waals surface area contributed by atoms with Crippen LogP contribution >= 0.6 is 0 Å². The largest absolute Gasteiger partial charge is 0.495 e. The van der Waals surface area contributed by atoms with Crippen LogP contribution in [0.25, 0.3) is 10.9 Å². The number of carboxylic acids is 1. The topological polar surface area (TPSA) is 98.1 Å². The van der Waals surface area contributed by atoms with Gasteiger partial charge in [0.05, 0.1) is 24.1 Å². The number of para-hydroxylation sites is 1. The van der Waals surface area contributed by atoms with Gasteiger partial charge in [-0.25, -0.2) is 8.42 Å². The van der Waals surface area contributed by atoms with E-state index in [-0.39, 0.29) is 17.4 Å². The summed E-state index contributed by atoms with van der Waals surface area (Å²) in [5.41, 5.74) is 1.64. The molecule has 9 heteroatoms. The van der Waals surface area contributed by atoms with Crippen molar-refractivity contribution in [1.29, 1.82) is 0 Å². The highest BCUT2D eigenvalue weighted by atomic mass is 32.2. The summed E-state index contributed by atoms with van der Waals surface area (Å²) in [7, 11) is -2.09. The highest BCUT2D eigenvalue weighted by Gasteiger charge is 2.35. The van der Waals surface area contributed by atoms with Crippen molar-refractivity contribution in [3.05, 3.63) is 54.2 Å². The molecule has 4 rings (SSSR count). The summed E-state index contributed by atoms with van der Waals surface area (Å²) in [6, 6.07) is 12.0. The molecule has 32 heavy (non-hydrogen) atoms. The van der Waals surface area contributed by atoms with Crippen molar-refractivity contribution >= 4 is 26.9 Å². The molecule has 0 aliphatic carbocycles. The van der Waals surface area contributed by atoms with Crippen LogP contribution in [0.1, 0.15) is 24.8 Å². The Labute approximate surface area is 187 Å². The fraction of sp³-hybridized carbons (Fsp3) is 0.348. The van der Waals surface area contributed by atoms with Crippen LogP contribution in [0.4, 0.5) is 0 Å². The van der Waals surface area contributed by atoms with Crippen LogP contribution in [-0.4, -0.2) is 55.2 Å². The fourth-order valence-corrected chi connectivity index (χ4v) is 5.84. The first kappa shape index (κ1) is 22.2. The number of carboxylic acid groups (broad SMARTS) is 1. The third-order valence-electron chi connectivity index (χ3n) is 5.78. The highest BCUT2D eigenvalue weighted by molar-refractivity contribution is 7.89. The molecule has 170 valence electrons. The number of benzene rings is 2. The van der Waals surface area contributed by atoms with Gasteiger partial charge in [0.2, 0.25) is 10.0 Å². The van der Waals surface area contributed by atoms with Gasteiger partial charge in [-0.15, -0.1) is 0 Å². The van der Waals surface area contributed by atoms with Crippen molar-refractivity contribution in [3.8, 4) is 11.5 Å². The third kappa shape index (κ3) is 4.05. The van der Waals surface area contributed by atoms with Crippen LogP contribution < -0.4 is 9.47 Å². The van der Waals surface area contributed by atoms with E-state index in [0.29, 0.717) is 43.1 Å². The van der Waals surface area contributed by atoms with Crippen molar-refractivity contribution in [2.75, 3.05) is 26.8 Å². The van der Waals surface area contributed by atoms with E-state index >= 15 is 0 Å². The van der Waals surface area contributed by atoms with Gasteiger partial charge in [-0.05, 0) is 49.2 Å². The average Bonchev–Trinajstić information content (AvgIpc) is 3.40. The Morgan fingerprint density at radius 1 is 1.19 bits per heavy atom. The number of ether oxygens (including phenoxy) is 2. The summed E-state index contributed by atoms with van der Waals surface area (Å²) < 4.78 is 40.4. The van der Waals surface area contributed by atoms with Gasteiger partial charge in [0.1, 0.15) is 18.0 Å². The minimum absolute atomic E-state index is 0.0443. The van der Waals surface area contributed by atoms with Gasteiger partial charge >= 0.3 is 5.97 Å². The van der Waals surface area contributed by atoms with Gasteiger partial charge in [-0.3, -0.25) is 4.79 Å². The molecule has 1 fully saturated rings. The summed E-state index contributed by atoms with van der Waals surface area (Å²) in [6.07, 6.45) is 2.47. The second-order valence-corrected chi connectivity index (χ2v) is 9.65. The fourth-order valence-electron chi connectivity index (χ4n) is 4.34. The lowest BCUT2D eigenvalue weighted by Gasteiger charge is -2.17. The summed E-state index contributed by atoms with van der Waals surface area (Å²) in [6.45, 7) is 2.92. The number of rotatable bonds is 8. The van der Waals surface area contributed by atoms with E-state index in [9.17, 15) is 18.3 Å². The zero-order valence-corrected chi connectivity index (χ0v) is 18.8. The third-order valence-corrected chi connectivity index (χ3v) is 7.66. The predicted octanol–water partition coefficient (Wildman–Crippen LogP) is 3.31. The number of methoxy groups -OCH3 is 1. The van der Waals surface area contributed by atoms with Gasteiger partial charge in [-0.2, -0.15) is 4.31 Å². The maximum absolute atomic E-state index is 13.2. The van der Waals surface area contributed by atoms with E-state index in [1.54, 1.807) is 42.0 Å². The number of hydrogen-bond donors (Lipinski definition) is 1. The number of hydrogen-bond acceptors (Lipinski definition) is 5. The minimum atomic E-state index is -3.64. The summed E-state index contributed by atoms with van der Waals surface area (Å²) >= 11 is 0. The summed E-state index contributed by atoms with van der Waals surface area (Å²) in [4.78, 5) is 11.6. The smallest absolute Gasteiger partial charge is 0.323 e. The second kappa shape index (κ2) is 8.84. The Kier molecular flexibility index (Phi) is 6.12. The molecule has 2 aromatic carbocycles. The van der Waals surface area contributed by atoms with E-state index in [1.807, 2.05) is 25.3 Å². The SMILES string of the molecule is CCOc1ccc(S(=O)(=O)N2CCC(c3cn(CC(=O)O)c4c(OC)cccc34)C2)cc1. The van der Waals surface area contributed by atoms with Gasteiger partial charge < -0.3 is 19.1 Å². The van der Waals surface area contributed by atoms with Crippen molar-refractivity contribution in [2.24, 2.45) is 0 Å². The van der Waals surface area contributed by atoms with Gasteiger partial charge in [0, 0.05) is 30.6 Å². The van der Waals surface area contributed by atoms with E-state index in [1.165, 1.54) is 4.31 Å². The molecule has 1 aliphatic rings. The molecular formula is C23H26N2O6S. The molecule has 3 aromatic rings. The monoisotopic (exact) mass is 458 g/mol. The van der Waals surface area contributed by atoms with Gasteiger partial charge in [0.15, 0.2) is 0 Å². The quantitative estimate of drug-likeness (QED) is 0.556. The molecule has 1 atom stereocenters. The molecule has 0 spiro atoms. The van der Waals surface area contributed by atoms with E-state index in [0.717, 1.165) is 10.9 Å². The number of carbonyl (C=O) groups is 1. The molecule has 2 heterocycles. The molecule has 1 unspecified atom stereocenters. The van der Waals surface area contributed by atoms with Crippen LogP contribution in [0, 0.1) is 0 Å². The van der Waals surface area contributed by atoms with E-state index < -0.39 is 16.0 Å². The van der Waals surface area contributed by atoms with Crippen molar-refractivity contribution in [2.45, 2.75) is 30.7 Å². The van der Waals surface area contributed by atoms with Gasteiger partial charge in [-0.1, -0.05) is 12.1 Å². The number of nitrogens with zero attached hydrogens (tertiary/aromatic N) is 2. The second-order valence-electron chi connectivity index (χ2n) is 7.72. The Hall–Kier alpha value is -3.04. The van der Waals surface area contributed by atoms with Crippen LogP contribution in [-0.2, 0) is 21.4 Å². The number of aromatic nitrogens is 1. The molecule has 8 nitrogen and oxygen atoms in total. The van der Waals surface area contributed by atoms with Crippen LogP contribution in [0.3, 0.4) is 0 Å². The lowest BCUT2D eigenvalue weighted by Crippen LogP contribution is -2.28. The van der Waals surface area contributed by atoms with Crippen LogP contribution in [0.5, 0.6) is 11.5 Å². The molecule has 1 N–H and O–H groups in total. The molecule has 0 amide bonds. The normalized spacial score (nSPS) is 17.0. The molecule has 1 aromatic heterocycles. The first-order chi connectivity index (χ1) is 15.3. The van der Waals surface area contributed by atoms with E-state index in [2.05, 4.69) is 0 Å². The number of sulfonamides is 1. The number of fused-ring (bicyclic) bond motifs is 1. The van der Waals surface area contributed by atoms with Crippen molar-refractivity contribution in [1.82, 2.24) is 8.87 Å². The predicted molar refractivity (Wildman–Crippen MR) is 120 cm³/mol. The maximum Gasteiger partial charge on any atom is 0.323 e. The highest BCUT2D eigenvalue weighted by Crippen LogP contribution is 2.38. The lowest BCUT2D eigenvalue weighted by atomic mass is 9.98. The first-order valence-electron chi connectivity index (χ1n) is 10.5. The Bertz CT molecular complexity index is 1230. The Balaban J connectivity index is 1.64. The molecular weight excluding hydrogens is 432 g/mol. The lowest BCUT2D eigenvalue weighted by molar-refractivity contribution is -0.137. The molecule has 0 saturated carbocycles. The zero-order chi connectivity index (χ0) is 22.9. The molecule has 1 aliphatic heterocycles. The van der Waals surface area contributed by atoms with Crippen molar-refractivity contribution < 1.29 is 27.8 Å². The summed E-state index contributed by atoms with van der Waals surface area (Å²) in [5, 5.41) is 10.2. The Morgan fingerprint density at radius 2 is 1.94 bits per heavy atom. The minimum Gasteiger partial charge on any atom is -0.495 e. The van der Waals surface area contributed by atoms with Crippen LogP contribution in [0.15, 0.2) is 53.6 Å². The molecule has 0 bridgehead atoms. The average molecular weight is 459 g/mol. The van der Waals surface area contributed by atoms with Crippen molar-refractivity contribution in [3.63, 3.8) is 0 Å². The maximum atomic E-state index is 13.2. The zero-order valence-electron chi connectivity index (χ0n) is 18.0. The molecule has 1 saturated heterocycles. The first-order valence-corrected chi connectivity index (χ1v) is 11.9. The van der Waals surface area contributed by atoms with E-state index in [4.69, 9.17) is 9.47 Å². The summed E-state index contributed by atoms with van der Waals surface area (Å²) in [5.74, 6) is 0.223. The van der Waals surface area contributed by atoms with Gasteiger partial charge in [0.25, 0.3) is 0 Å². The Morgan fingerprint density at radius 3 is 2.59 bits per heavy atom. The standard InChI is InChI=1S/C23H26N2O6S/c1-3-31-17-7-9-18(10-8-17)32(28,29)25-12-11-16(13-25)20-14-24(15-22(26)27)23-19(20)5-4-6-21(23)30-2/h4-10,14,16H,3,11-13,15H2,1-2H3,(H,26,27).